The second-order valence-electron chi connectivity index (χ2n) is 4.40. The summed E-state index contributed by atoms with van der Waals surface area (Å²) in [5.74, 6) is 1.05. The van der Waals surface area contributed by atoms with Crippen LogP contribution in [0.1, 0.15) is 24.7 Å². The molecule has 0 radical (unpaired) electrons. The van der Waals surface area contributed by atoms with E-state index in [1.54, 1.807) is 6.20 Å². The minimum absolute atomic E-state index is 0.185. The van der Waals surface area contributed by atoms with Gasteiger partial charge in [-0.3, -0.25) is 10.1 Å². The fourth-order valence-electron chi connectivity index (χ4n) is 2.51. The van der Waals surface area contributed by atoms with Crippen molar-refractivity contribution in [2.24, 2.45) is 0 Å². The maximum atomic E-state index is 12.3. The number of likely N-dealkylation sites (tertiary alicyclic amines) is 1. The third kappa shape index (κ3) is 1.51. The van der Waals surface area contributed by atoms with Crippen molar-refractivity contribution in [2.75, 3.05) is 19.6 Å². The molecule has 1 saturated heterocycles. The molecule has 86 valence electrons. The summed E-state index contributed by atoms with van der Waals surface area (Å²) in [4.78, 5) is 18.5. The fourth-order valence-corrected chi connectivity index (χ4v) is 2.51. The highest BCUT2D eigenvalue weighted by Gasteiger charge is 2.32. The molecule has 5 nitrogen and oxygen atoms in total. The van der Waals surface area contributed by atoms with Gasteiger partial charge in [0.25, 0.3) is 0 Å². The Morgan fingerprint density at radius 3 is 3.00 bits per heavy atom. The third-order valence-corrected chi connectivity index (χ3v) is 3.37. The van der Waals surface area contributed by atoms with E-state index in [1.807, 2.05) is 11.1 Å². The number of hydrogen-bond acceptors (Lipinski definition) is 3. The zero-order chi connectivity index (χ0) is 11.0. The van der Waals surface area contributed by atoms with E-state index in [9.17, 15) is 4.79 Å². The Morgan fingerprint density at radius 2 is 2.19 bits per heavy atom. The molecule has 1 atom stereocenters. The minimum Gasteiger partial charge on any atom is -0.341 e. The Kier molecular flexibility index (Phi) is 2.40. The summed E-state index contributed by atoms with van der Waals surface area (Å²) in [7, 11) is 0. The van der Waals surface area contributed by atoms with Crippen molar-refractivity contribution in [2.45, 2.75) is 25.4 Å². The highest BCUT2D eigenvalue weighted by molar-refractivity contribution is 5.82. The summed E-state index contributed by atoms with van der Waals surface area (Å²) in [5, 5.41) is 3.26. The number of carbonyl (C=O) groups excluding carboxylic acids is 1. The van der Waals surface area contributed by atoms with Crippen molar-refractivity contribution in [3.63, 3.8) is 0 Å². The molecule has 3 rings (SSSR count). The highest BCUT2D eigenvalue weighted by atomic mass is 16.2. The largest absolute Gasteiger partial charge is 0.341 e. The molecule has 2 aliphatic rings. The van der Waals surface area contributed by atoms with Crippen molar-refractivity contribution in [3.05, 3.63) is 18.2 Å². The van der Waals surface area contributed by atoms with Gasteiger partial charge in [-0.05, 0) is 12.8 Å². The van der Waals surface area contributed by atoms with Crippen LogP contribution in [0, 0.1) is 0 Å². The van der Waals surface area contributed by atoms with E-state index in [2.05, 4.69) is 14.9 Å². The van der Waals surface area contributed by atoms with Crippen LogP contribution in [0.2, 0.25) is 0 Å². The van der Waals surface area contributed by atoms with Crippen molar-refractivity contribution in [3.8, 4) is 0 Å². The number of fused-ring (bicyclic) bond motifs is 1. The number of nitrogens with one attached hydrogen (secondary N) is 1. The van der Waals surface area contributed by atoms with Crippen LogP contribution in [0.25, 0.3) is 0 Å². The molecule has 1 aromatic rings. The number of amides is 1. The molecule has 0 spiro atoms. The molecule has 0 aromatic carbocycles. The fraction of sp³-hybridized carbons (Fsp3) is 0.636. The predicted octanol–water partition coefficient (Wildman–Crippen LogP) is 0.150. The van der Waals surface area contributed by atoms with Gasteiger partial charge in [0.15, 0.2) is 0 Å². The van der Waals surface area contributed by atoms with Gasteiger partial charge >= 0.3 is 0 Å². The maximum Gasteiger partial charge on any atom is 0.247 e. The Balaban J connectivity index is 1.83. The first-order valence-electron chi connectivity index (χ1n) is 5.89. The van der Waals surface area contributed by atoms with E-state index in [-0.39, 0.29) is 11.9 Å². The number of hydrogen-bond donors (Lipinski definition) is 1. The quantitative estimate of drug-likeness (QED) is 0.733. The summed E-state index contributed by atoms with van der Waals surface area (Å²) < 4.78 is 2.06. The second-order valence-corrected chi connectivity index (χ2v) is 4.40. The summed E-state index contributed by atoms with van der Waals surface area (Å²) >= 11 is 0. The van der Waals surface area contributed by atoms with Crippen molar-refractivity contribution in [1.29, 1.82) is 0 Å². The molecule has 5 heteroatoms. The van der Waals surface area contributed by atoms with Gasteiger partial charge in [-0.15, -0.1) is 0 Å². The molecule has 0 unspecified atom stereocenters. The lowest BCUT2D eigenvalue weighted by Gasteiger charge is -2.27. The van der Waals surface area contributed by atoms with E-state index < -0.39 is 0 Å². The number of aromatic nitrogens is 2. The molecule has 0 aliphatic carbocycles. The minimum atomic E-state index is -0.234. The topological polar surface area (TPSA) is 50.2 Å². The first-order chi connectivity index (χ1) is 7.86. The Morgan fingerprint density at radius 1 is 1.38 bits per heavy atom. The molecule has 0 saturated carbocycles. The van der Waals surface area contributed by atoms with E-state index in [0.29, 0.717) is 0 Å². The normalized spacial score (nSPS) is 24.5. The molecule has 3 heterocycles. The Bertz CT molecular complexity index is 394. The van der Waals surface area contributed by atoms with Gasteiger partial charge < -0.3 is 9.47 Å². The highest BCUT2D eigenvalue weighted by Crippen LogP contribution is 2.20. The lowest BCUT2D eigenvalue weighted by molar-refractivity contribution is -0.133. The van der Waals surface area contributed by atoms with Crippen molar-refractivity contribution in [1.82, 2.24) is 19.8 Å². The van der Waals surface area contributed by atoms with E-state index in [1.165, 1.54) is 0 Å². The van der Waals surface area contributed by atoms with Crippen molar-refractivity contribution < 1.29 is 4.79 Å². The molecule has 1 N–H and O–H groups in total. The molecule has 0 bridgehead atoms. The van der Waals surface area contributed by atoms with Crippen LogP contribution in [0.4, 0.5) is 0 Å². The molecule has 16 heavy (non-hydrogen) atoms. The van der Waals surface area contributed by atoms with Crippen LogP contribution in [0.3, 0.4) is 0 Å². The van der Waals surface area contributed by atoms with Crippen LogP contribution < -0.4 is 5.32 Å². The van der Waals surface area contributed by atoms with Crippen LogP contribution in [0.15, 0.2) is 12.4 Å². The zero-order valence-corrected chi connectivity index (χ0v) is 9.22. The number of rotatable bonds is 1. The van der Waals surface area contributed by atoms with Gasteiger partial charge in [0, 0.05) is 38.6 Å². The van der Waals surface area contributed by atoms with Gasteiger partial charge in [-0.1, -0.05) is 0 Å². The standard InChI is InChI=1S/C11H16N4O/c16-11(15-5-1-2-6-15)9-10-13-4-8-14(10)7-3-12-9/h4,8-9,12H,1-3,5-7H2/t9-/m0/s1. The molecule has 1 aromatic heterocycles. The van der Waals surface area contributed by atoms with Gasteiger partial charge in [-0.2, -0.15) is 0 Å². The third-order valence-electron chi connectivity index (χ3n) is 3.37. The van der Waals surface area contributed by atoms with E-state index >= 15 is 0 Å². The lowest BCUT2D eigenvalue weighted by Crippen LogP contribution is -2.44. The molecule has 2 aliphatic heterocycles. The SMILES string of the molecule is O=C([C@H]1NCCn2ccnc21)N1CCCC1. The molecule has 1 fully saturated rings. The number of imidazole rings is 1. The van der Waals surface area contributed by atoms with Gasteiger partial charge in [0.05, 0.1) is 0 Å². The maximum absolute atomic E-state index is 12.3. The van der Waals surface area contributed by atoms with Crippen LogP contribution >= 0.6 is 0 Å². The Labute approximate surface area is 94.4 Å². The average Bonchev–Trinajstić information content (AvgIpc) is 2.98. The summed E-state index contributed by atoms with van der Waals surface area (Å²) in [6.07, 6.45) is 5.98. The molecular weight excluding hydrogens is 204 g/mol. The number of nitrogens with zero attached hydrogens (tertiary/aromatic N) is 3. The smallest absolute Gasteiger partial charge is 0.247 e. The first kappa shape index (κ1) is 9.84. The molecule has 1 amide bonds. The molecular formula is C11H16N4O. The van der Waals surface area contributed by atoms with Crippen LogP contribution in [-0.4, -0.2) is 40.0 Å². The van der Waals surface area contributed by atoms with Gasteiger partial charge in [0.1, 0.15) is 11.9 Å². The Hall–Kier alpha value is -1.36. The van der Waals surface area contributed by atoms with Crippen molar-refractivity contribution >= 4 is 5.91 Å². The van der Waals surface area contributed by atoms with Gasteiger partial charge in [0.2, 0.25) is 5.91 Å². The zero-order valence-electron chi connectivity index (χ0n) is 9.22. The number of carbonyl (C=O) groups is 1. The summed E-state index contributed by atoms with van der Waals surface area (Å²) in [5.41, 5.74) is 0. The summed E-state index contributed by atoms with van der Waals surface area (Å²) in [6, 6.07) is -0.234. The summed E-state index contributed by atoms with van der Waals surface area (Å²) in [6.45, 7) is 3.54. The first-order valence-corrected chi connectivity index (χ1v) is 5.89. The van der Waals surface area contributed by atoms with E-state index in [0.717, 1.165) is 44.8 Å². The van der Waals surface area contributed by atoms with Gasteiger partial charge in [-0.25, -0.2) is 4.98 Å². The average molecular weight is 220 g/mol. The lowest BCUT2D eigenvalue weighted by atomic mass is 10.2. The predicted molar refractivity (Wildman–Crippen MR) is 58.8 cm³/mol. The van der Waals surface area contributed by atoms with E-state index in [4.69, 9.17) is 0 Å². The van der Waals surface area contributed by atoms with Crippen LogP contribution in [0.5, 0.6) is 0 Å². The van der Waals surface area contributed by atoms with Crippen LogP contribution in [-0.2, 0) is 11.3 Å². The monoisotopic (exact) mass is 220 g/mol. The second kappa shape index (κ2) is 3.90.